The van der Waals surface area contributed by atoms with Crippen molar-refractivity contribution in [2.45, 2.75) is 13.5 Å². The third kappa shape index (κ3) is 2.57. The molecule has 7 heteroatoms. The fourth-order valence-electron chi connectivity index (χ4n) is 1.36. The van der Waals surface area contributed by atoms with Crippen LogP contribution in [0.3, 0.4) is 0 Å². The first-order chi connectivity index (χ1) is 8.16. The highest BCUT2D eigenvalue weighted by Gasteiger charge is 2.13. The Bertz CT molecular complexity index is 538. The van der Waals surface area contributed by atoms with Gasteiger partial charge >= 0.3 is 5.69 Å². The summed E-state index contributed by atoms with van der Waals surface area (Å²) in [4.78, 5) is 14.2. The molecule has 0 amide bonds. The first-order valence-corrected chi connectivity index (χ1v) is 4.92. The summed E-state index contributed by atoms with van der Waals surface area (Å²) >= 11 is 0. The van der Waals surface area contributed by atoms with Crippen LogP contribution in [-0.4, -0.2) is 15.1 Å². The summed E-state index contributed by atoms with van der Waals surface area (Å²) in [5.41, 5.74) is 0.607. The second-order valence-electron chi connectivity index (χ2n) is 3.41. The van der Waals surface area contributed by atoms with Gasteiger partial charge in [0.1, 0.15) is 11.5 Å². The molecule has 2 heterocycles. The van der Waals surface area contributed by atoms with Crippen molar-refractivity contribution in [3.8, 4) is 0 Å². The maximum Gasteiger partial charge on any atom is 0.311 e. The van der Waals surface area contributed by atoms with Crippen LogP contribution in [0.15, 0.2) is 28.9 Å². The number of hydrogen-bond donors (Lipinski definition) is 1. The number of aryl methyl sites for hydroxylation is 1. The summed E-state index contributed by atoms with van der Waals surface area (Å²) in [7, 11) is 0. The predicted octanol–water partition coefficient (Wildman–Crippen LogP) is 1.90. The number of hydrogen-bond acceptors (Lipinski definition) is 6. The van der Waals surface area contributed by atoms with E-state index in [2.05, 4.69) is 15.5 Å². The number of anilines is 1. The standard InChI is InChI=1S/C10H10N4O3/c1-7-5-8(13-17-7)6-12-10-9(14(15)16)3-2-4-11-10/h2-5H,6H2,1H3,(H,11,12). The first kappa shape index (κ1) is 11.1. The highest BCUT2D eigenvalue weighted by Crippen LogP contribution is 2.20. The highest BCUT2D eigenvalue weighted by molar-refractivity contribution is 5.55. The summed E-state index contributed by atoms with van der Waals surface area (Å²) < 4.78 is 4.89. The van der Waals surface area contributed by atoms with Crippen molar-refractivity contribution in [2.75, 3.05) is 5.32 Å². The third-order valence-electron chi connectivity index (χ3n) is 2.10. The van der Waals surface area contributed by atoms with E-state index >= 15 is 0 Å². The Morgan fingerprint density at radius 2 is 2.41 bits per heavy atom. The average molecular weight is 234 g/mol. The molecule has 0 radical (unpaired) electrons. The van der Waals surface area contributed by atoms with Gasteiger partial charge in [0.25, 0.3) is 0 Å². The Labute approximate surface area is 96.6 Å². The molecule has 7 nitrogen and oxygen atoms in total. The quantitative estimate of drug-likeness (QED) is 0.641. The number of aromatic nitrogens is 2. The van der Waals surface area contributed by atoms with Gasteiger partial charge in [0.05, 0.1) is 11.5 Å². The fraction of sp³-hybridized carbons (Fsp3) is 0.200. The molecule has 2 rings (SSSR count). The van der Waals surface area contributed by atoms with Crippen LogP contribution < -0.4 is 5.32 Å². The van der Waals surface area contributed by atoms with Crippen molar-refractivity contribution < 1.29 is 9.45 Å². The Kier molecular flexibility index (Phi) is 2.99. The number of nitrogens with one attached hydrogen (secondary N) is 1. The molecule has 1 N–H and O–H groups in total. The number of nitro groups is 1. The molecule has 0 saturated heterocycles. The largest absolute Gasteiger partial charge is 0.361 e. The van der Waals surface area contributed by atoms with Crippen LogP contribution >= 0.6 is 0 Å². The summed E-state index contributed by atoms with van der Waals surface area (Å²) in [5, 5.41) is 17.3. The molecule has 0 aliphatic rings. The van der Waals surface area contributed by atoms with Gasteiger partial charge in [-0.1, -0.05) is 5.16 Å². The Balaban J connectivity index is 2.11. The molecule has 0 spiro atoms. The van der Waals surface area contributed by atoms with Crippen molar-refractivity contribution in [3.63, 3.8) is 0 Å². The number of nitrogens with zero attached hydrogens (tertiary/aromatic N) is 3. The number of rotatable bonds is 4. The zero-order chi connectivity index (χ0) is 12.3. The van der Waals surface area contributed by atoms with Crippen molar-refractivity contribution >= 4 is 11.5 Å². The van der Waals surface area contributed by atoms with Crippen LogP contribution in [0.5, 0.6) is 0 Å². The van der Waals surface area contributed by atoms with Gasteiger partial charge in [-0.15, -0.1) is 0 Å². The lowest BCUT2D eigenvalue weighted by atomic mass is 10.3. The van der Waals surface area contributed by atoms with E-state index in [1.165, 1.54) is 18.3 Å². The molecule has 0 atom stereocenters. The van der Waals surface area contributed by atoms with Crippen LogP contribution in [0.4, 0.5) is 11.5 Å². The molecule has 0 saturated carbocycles. The molecular formula is C10H10N4O3. The second-order valence-corrected chi connectivity index (χ2v) is 3.41. The number of pyridine rings is 1. The second kappa shape index (κ2) is 4.60. The summed E-state index contributed by atoms with van der Waals surface area (Å²) in [6.45, 7) is 2.11. The van der Waals surface area contributed by atoms with Crippen LogP contribution in [0.1, 0.15) is 11.5 Å². The van der Waals surface area contributed by atoms with Gasteiger partial charge in [0.15, 0.2) is 0 Å². The van der Waals surface area contributed by atoms with Crippen LogP contribution in [-0.2, 0) is 6.54 Å². The molecule has 2 aromatic heterocycles. The Morgan fingerprint density at radius 1 is 1.59 bits per heavy atom. The molecule has 0 aliphatic carbocycles. The van der Waals surface area contributed by atoms with E-state index in [0.29, 0.717) is 18.0 Å². The zero-order valence-electron chi connectivity index (χ0n) is 9.08. The molecule has 0 aliphatic heterocycles. The van der Waals surface area contributed by atoms with Crippen molar-refractivity contribution in [1.82, 2.24) is 10.1 Å². The lowest BCUT2D eigenvalue weighted by Gasteiger charge is -2.02. The van der Waals surface area contributed by atoms with Gasteiger partial charge in [0.2, 0.25) is 5.82 Å². The highest BCUT2D eigenvalue weighted by atomic mass is 16.6. The summed E-state index contributed by atoms with van der Waals surface area (Å²) in [6, 6.07) is 4.66. The minimum Gasteiger partial charge on any atom is -0.361 e. The smallest absolute Gasteiger partial charge is 0.311 e. The molecule has 0 fully saturated rings. The van der Waals surface area contributed by atoms with Crippen LogP contribution in [0.2, 0.25) is 0 Å². The van der Waals surface area contributed by atoms with Crippen LogP contribution in [0, 0.1) is 17.0 Å². The zero-order valence-corrected chi connectivity index (χ0v) is 9.08. The van der Waals surface area contributed by atoms with E-state index < -0.39 is 4.92 Å². The van der Waals surface area contributed by atoms with Gasteiger partial charge in [-0.3, -0.25) is 10.1 Å². The van der Waals surface area contributed by atoms with E-state index in [1.54, 1.807) is 13.0 Å². The van der Waals surface area contributed by atoms with Gasteiger partial charge in [-0.05, 0) is 13.0 Å². The molecule has 2 aromatic rings. The van der Waals surface area contributed by atoms with E-state index in [4.69, 9.17) is 4.52 Å². The molecule has 0 aromatic carbocycles. The SMILES string of the molecule is Cc1cc(CNc2ncccc2[N+](=O)[O-])no1. The van der Waals surface area contributed by atoms with Gasteiger partial charge in [0, 0.05) is 18.3 Å². The lowest BCUT2D eigenvalue weighted by Crippen LogP contribution is -2.04. The molecule has 0 bridgehead atoms. The lowest BCUT2D eigenvalue weighted by molar-refractivity contribution is -0.384. The van der Waals surface area contributed by atoms with Crippen molar-refractivity contribution in [3.05, 3.63) is 46.0 Å². The summed E-state index contributed by atoms with van der Waals surface area (Å²) in [5.74, 6) is 0.912. The monoisotopic (exact) mass is 234 g/mol. The van der Waals surface area contributed by atoms with Crippen LogP contribution in [0.25, 0.3) is 0 Å². The Hall–Kier alpha value is -2.44. The van der Waals surface area contributed by atoms with Crippen molar-refractivity contribution in [2.24, 2.45) is 0 Å². The first-order valence-electron chi connectivity index (χ1n) is 4.92. The van der Waals surface area contributed by atoms with E-state index in [0.717, 1.165) is 0 Å². The Morgan fingerprint density at radius 3 is 3.06 bits per heavy atom. The molecule has 88 valence electrons. The fourth-order valence-corrected chi connectivity index (χ4v) is 1.36. The minimum atomic E-state index is -0.483. The normalized spacial score (nSPS) is 10.2. The minimum absolute atomic E-state index is 0.0623. The van der Waals surface area contributed by atoms with Gasteiger partial charge < -0.3 is 9.84 Å². The summed E-state index contributed by atoms with van der Waals surface area (Å²) in [6.07, 6.45) is 1.49. The molecular weight excluding hydrogens is 224 g/mol. The molecule has 17 heavy (non-hydrogen) atoms. The topological polar surface area (TPSA) is 94.1 Å². The average Bonchev–Trinajstić information content (AvgIpc) is 2.73. The van der Waals surface area contributed by atoms with E-state index in [-0.39, 0.29) is 11.5 Å². The van der Waals surface area contributed by atoms with Gasteiger partial charge in [-0.2, -0.15) is 0 Å². The predicted molar refractivity (Wildman–Crippen MR) is 59.5 cm³/mol. The van der Waals surface area contributed by atoms with Crippen molar-refractivity contribution in [1.29, 1.82) is 0 Å². The molecule has 0 unspecified atom stereocenters. The maximum absolute atomic E-state index is 10.7. The third-order valence-corrected chi connectivity index (χ3v) is 2.10. The van der Waals surface area contributed by atoms with Gasteiger partial charge in [-0.25, -0.2) is 4.98 Å². The maximum atomic E-state index is 10.7. The van der Waals surface area contributed by atoms with E-state index in [1.807, 2.05) is 0 Å². The van der Waals surface area contributed by atoms with E-state index in [9.17, 15) is 10.1 Å².